The largest absolute Gasteiger partial charge is 0.314 e. The molecule has 2 aromatic heterocycles. The quantitative estimate of drug-likeness (QED) is 0.744. The monoisotopic (exact) mass is 189 g/mol. The Labute approximate surface area is 81.2 Å². The Hall–Kier alpha value is -1.68. The molecule has 0 saturated carbocycles. The average Bonchev–Trinajstić information content (AvgIpc) is 2.18. The van der Waals surface area contributed by atoms with Crippen molar-refractivity contribution in [2.24, 2.45) is 0 Å². The molecule has 4 nitrogen and oxygen atoms in total. The minimum atomic E-state index is -0.0409. The van der Waals surface area contributed by atoms with Gasteiger partial charge in [-0.3, -0.25) is 9.20 Å². The molecule has 0 aliphatic carbocycles. The van der Waals surface area contributed by atoms with Gasteiger partial charge >= 0.3 is 0 Å². The first-order valence-electron chi connectivity index (χ1n) is 4.43. The Kier molecular flexibility index (Phi) is 2.28. The van der Waals surface area contributed by atoms with Crippen LogP contribution in [0.4, 0.5) is 0 Å². The molecule has 0 amide bonds. The van der Waals surface area contributed by atoms with Gasteiger partial charge in [-0.1, -0.05) is 6.07 Å². The predicted octanol–water partition coefficient (Wildman–Crippen LogP) is 0.414. The summed E-state index contributed by atoms with van der Waals surface area (Å²) >= 11 is 0. The molecule has 0 aliphatic rings. The summed E-state index contributed by atoms with van der Waals surface area (Å²) in [7, 11) is 1.83. The molecule has 4 heteroatoms. The lowest BCUT2D eigenvalue weighted by Crippen LogP contribution is -2.17. The van der Waals surface area contributed by atoms with E-state index in [1.165, 1.54) is 4.40 Å². The molecule has 0 bridgehead atoms. The van der Waals surface area contributed by atoms with Crippen LogP contribution in [-0.4, -0.2) is 16.4 Å². The van der Waals surface area contributed by atoms with Gasteiger partial charge < -0.3 is 5.32 Å². The number of fused-ring (bicyclic) bond motifs is 1. The third-order valence-electron chi connectivity index (χ3n) is 1.98. The lowest BCUT2D eigenvalue weighted by atomic mass is 10.3. The van der Waals surface area contributed by atoms with Crippen LogP contribution in [-0.2, 0) is 6.54 Å². The summed E-state index contributed by atoms with van der Waals surface area (Å²) in [5.74, 6) is 0. The van der Waals surface area contributed by atoms with Crippen molar-refractivity contribution in [1.29, 1.82) is 0 Å². The molecule has 72 valence electrons. The number of hydrogen-bond donors (Lipinski definition) is 1. The zero-order valence-electron chi connectivity index (χ0n) is 7.90. The second-order valence-electron chi connectivity index (χ2n) is 3.04. The molecule has 1 N–H and O–H groups in total. The second kappa shape index (κ2) is 3.59. The second-order valence-corrected chi connectivity index (χ2v) is 3.04. The minimum absolute atomic E-state index is 0.0409. The molecule has 2 rings (SSSR count). The van der Waals surface area contributed by atoms with Gasteiger partial charge in [0, 0.05) is 18.8 Å². The van der Waals surface area contributed by atoms with Crippen molar-refractivity contribution in [2.45, 2.75) is 6.54 Å². The topological polar surface area (TPSA) is 46.4 Å². The summed E-state index contributed by atoms with van der Waals surface area (Å²) < 4.78 is 1.53. The van der Waals surface area contributed by atoms with Crippen LogP contribution in [0.2, 0.25) is 0 Å². The predicted molar refractivity (Wildman–Crippen MR) is 54.2 cm³/mol. The van der Waals surface area contributed by atoms with Gasteiger partial charge in [-0.25, -0.2) is 4.98 Å². The number of nitrogens with zero attached hydrogens (tertiary/aromatic N) is 2. The number of rotatable bonds is 2. The number of aromatic nitrogens is 2. The van der Waals surface area contributed by atoms with E-state index in [1.54, 1.807) is 12.3 Å². The highest BCUT2D eigenvalue weighted by Crippen LogP contribution is 1.97. The molecular weight excluding hydrogens is 178 g/mol. The highest BCUT2D eigenvalue weighted by molar-refractivity contribution is 5.37. The van der Waals surface area contributed by atoms with E-state index in [1.807, 2.05) is 25.2 Å². The van der Waals surface area contributed by atoms with E-state index in [2.05, 4.69) is 10.3 Å². The van der Waals surface area contributed by atoms with Crippen LogP contribution in [0, 0.1) is 0 Å². The van der Waals surface area contributed by atoms with E-state index in [4.69, 9.17) is 0 Å². The summed E-state index contributed by atoms with van der Waals surface area (Å²) in [6.07, 6.45) is 1.72. The van der Waals surface area contributed by atoms with Crippen molar-refractivity contribution in [3.8, 4) is 0 Å². The van der Waals surface area contributed by atoms with E-state index in [0.717, 1.165) is 5.69 Å². The van der Waals surface area contributed by atoms with Crippen molar-refractivity contribution in [1.82, 2.24) is 14.7 Å². The van der Waals surface area contributed by atoms with Crippen molar-refractivity contribution in [3.63, 3.8) is 0 Å². The molecule has 0 aliphatic heterocycles. The standard InChI is InChI=1S/C10H11N3O/c1-11-7-8-6-10(14)13-5-3-2-4-9(13)12-8/h2-6,11H,7H2,1H3. The molecule has 2 aromatic rings. The molecule has 0 atom stereocenters. The van der Waals surface area contributed by atoms with E-state index >= 15 is 0 Å². The van der Waals surface area contributed by atoms with Gasteiger partial charge in [0.25, 0.3) is 5.56 Å². The Morgan fingerprint density at radius 3 is 3.14 bits per heavy atom. The number of nitrogens with one attached hydrogen (secondary N) is 1. The van der Waals surface area contributed by atoms with E-state index < -0.39 is 0 Å². The minimum Gasteiger partial charge on any atom is -0.314 e. The smallest absolute Gasteiger partial charge is 0.258 e. The molecule has 0 spiro atoms. The summed E-state index contributed by atoms with van der Waals surface area (Å²) in [5.41, 5.74) is 1.41. The Morgan fingerprint density at radius 1 is 1.50 bits per heavy atom. The first-order valence-corrected chi connectivity index (χ1v) is 4.43. The van der Waals surface area contributed by atoms with Gasteiger partial charge in [0.15, 0.2) is 0 Å². The van der Waals surface area contributed by atoms with E-state index in [9.17, 15) is 4.79 Å². The lowest BCUT2D eigenvalue weighted by Gasteiger charge is -2.02. The Morgan fingerprint density at radius 2 is 2.36 bits per heavy atom. The first-order chi connectivity index (χ1) is 6.81. The zero-order chi connectivity index (χ0) is 9.97. The summed E-state index contributed by atoms with van der Waals surface area (Å²) in [6.45, 7) is 0.612. The fraction of sp³-hybridized carbons (Fsp3) is 0.200. The van der Waals surface area contributed by atoms with E-state index in [0.29, 0.717) is 12.2 Å². The van der Waals surface area contributed by atoms with Gasteiger partial charge in [-0.05, 0) is 19.2 Å². The number of hydrogen-bond acceptors (Lipinski definition) is 3. The summed E-state index contributed by atoms with van der Waals surface area (Å²) in [4.78, 5) is 15.9. The van der Waals surface area contributed by atoms with Gasteiger partial charge in [0.2, 0.25) is 0 Å². The molecule has 0 radical (unpaired) electrons. The summed E-state index contributed by atoms with van der Waals surface area (Å²) in [5, 5.41) is 2.97. The molecule has 0 fully saturated rings. The van der Waals surface area contributed by atoms with Gasteiger partial charge in [-0.15, -0.1) is 0 Å². The van der Waals surface area contributed by atoms with Crippen molar-refractivity contribution < 1.29 is 0 Å². The number of pyridine rings is 1. The fourth-order valence-electron chi connectivity index (χ4n) is 1.37. The first kappa shape index (κ1) is 8.90. The highest BCUT2D eigenvalue weighted by Gasteiger charge is 1.99. The normalized spacial score (nSPS) is 10.6. The van der Waals surface area contributed by atoms with Crippen LogP contribution in [0.3, 0.4) is 0 Å². The van der Waals surface area contributed by atoms with Gasteiger partial charge in [0.1, 0.15) is 5.65 Å². The van der Waals surface area contributed by atoms with Gasteiger partial charge in [0.05, 0.1) is 5.69 Å². The van der Waals surface area contributed by atoms with Crippen LogP contribution < -0.4 is 10.9 Å². The molecule has 14 heavy (non-hydrogen) atoms. The Bertz CT molecular complexity index is 504. The molecule has 0 saturated heterocycles. The molecular formula is C10H11N3O. The van der Waals surface area contributed by atoms with Crippen LogP contribution in [0.15, 0.2) is 35.3 Å². The van der Waals surface area contributed by atoms with E-state index in [-0.39, 0.29) is 5.56 Å². The third kappa shape index (κ3) is 1.52. The van der Waals surface area contributed by atoms with Crippen LogP contribution >= 0.6 is 0 Å². The highest BCUT2D eigenvalue weighted by atomic mass is 16.1. The van der Waals surface area contributed by atoms with Crippen molar-refractivity contribution in [2.75, 3.05) is 7.05 Å². The van der Waals surface area contributed by atoms with Crippen LogP contribution in [0.1, 0.15) is 5.69 Å². The molecule has 0 unspecified atom stereocenters. The van der Waals surface area contributed by atoms with Crippen molar-refractivity contribution >= 4 is 5.65 Å². The summed E-state index contributed by atoms with van der Waals surface area (Å²) in [6, 6.07) is 7.04. The zero-order valence-corrected chi connectivity index (χ0v) is 7.90. The maximum absolute atomic E-state index is 11.6. The third-order valence-corrected chi connectivity index (χ3v) is 1.98. The van der Waals surface area contributed by atoms with Crippen LogP contribution in [0.25, 0.3) is 5.65 Å². The maximum Gasteiger partial charge on any atom is 0.258 e. The van der Waals surface area contributed by atoms with Crippen LogP contribution in [0.5, 0.6) is 0 Å². The maximum atomic E-state index is 11.6. The molecule has 0 aromatic carbocycles. The SMILES string of the molecule is CNCc1cc(=O)n2ccccc2n1. The average molecular weight is 189 g/mol. The lowest BCUT2D eigenvalue weighted by molar-refractivity contribution is 0.785. The van der Waals surface area contributed by atoms with Gasteiger partial charge in [-0.2, -0.15) is 0 Å². The fourth-order valence-corrected chi connectivity index (χ4v) is 1.37. The Balaban J connectivity index is 2.66. The molecule has 2 heterocycles. The van der Waals surface area contributed by atoms with Crippen molar-refractivity contribution in [3.05, 3.63) is 46.5 Å².